The van der Waals surface area contributed by atoms with Gasteiger partial charge in [-0.1, -0.05) is 60.7 Å². The van der Waals surface area contributed by atoms with Crippen molar-refractivity contribution in [1.29, 1.82) is 0 Å². The first kappa shape index (κ1) is 24.6. The quantitative estimate of drug-likeness (QED) is 0.348. The van der Waals surface area contributed by atoms with E-state index in [2.05, 4.69) is 9.89 Å². The Morgan fingerprint density at radius 1 is 1.11 bits per heavy atom. The van der Waals surface area contributed by atoms with Gasteiger partial charge in [0.05, 0.1) is 13.2 Å². The summed E-state index contributed by atoms with van der Waals surface area (Å²) in [4.78, 5) is 39.4. The largest absolute Gasteiger partial charge is 0.471 e. The van der Waals surface area contributed by atoms with E-state index in [4.69, 9.17) is 19.7 Å². The summed E-state index contributed by atoms with van der Waals surface area (Å²) in [5, 5.41) is 3.33. The Morgan fingerprint density at radius 2 is 1.76 bits per heavy atom. The van der Waals surface area contributed by atoms with E-state index in [1.54, 1.807) is 0 Å². The van der Waals surface area contributed by atoms with Gasteiger partial charge in [0.2, 0.25) is 11.7 Å². The zero-order chi connectivity index (χ0) is 25.9. The molecule has 5 rings (SSSR count). The number of fused-ring (bicyclic) bond motifs is 1. The second kappa shape index (κ2) is 10.5. The van der Waals surface area contributed by atoms with Crippen molar-refractivity contribution in [2.75, 3.05) is 19.5 Å². The van der Waals surface area contributed by atoms with Crippen molar-refractivity contribution < 1.29 is 33.1 Å². The molecule has 2 atom stereocenters. The van der Waals surface area contributed by atoms with Crippen LogP contribution < -0.4 is 10.5 Å². The van der Waals surface area contributed by atoms with Crippen molar-refractivity contribution >= 4 is 29.6 Å². The fourth-order valence-corrected chi connectivity index (χ4v) is 5.39. The molecule has 11 heteroatoms. The lowest BCUT2D eigenvalue weighted by Gasteiger charge is -2.48. The summed E-state index contributed by atoms with van der Waals surface area (Å²) in [6.07, 6.45) is -0.694. The van der Waals surface area contributed by atoms with E-state index in [9.17, 15) is 14.4 Å². The molecule has 2 N–H and O–H groups in total. The van der Waals surface area contributed by atoms with Crippen LogP contribution in [0.15, 0.2) is 82.5 Å². The minimum Gasteiger partial charge on any atom is -0.471 e. The van der Waals surface area contributed by atoms with Crippen molar-refractivity contribution in [2.24, 2.45) is 5.73 Å². The average molecular weight is 522 g/mol. The molecule has 3 heterocycles. The summed E-state index contributed by atoms with van der Waals surface area (Å²) in [6.45, 7) is -0.0857. The number of carbonyl (C=O) groups is 3. The molecule has 1 fully saturated rings. The van der Waals surface area contributed by atoms with Crippen molar-refractivity contribution in [3.8, 4) is 5.88 Å². The molecule has 3 aromatic rings. The minimum atomic E-state index is -0.701. The molecule has 0 aliphatic carbocycles. The van der Waals surface area contributed by atoms with Crippen LogP contribution in [0, 0.1) is 0 Å². The molecule has 2 aromatic carbocycles. The number of β-lactam (4-membered cyclic amide) rings is 1. The molecule has 0 bridgehead atoms. The number of rotatable bonds is 8. The zero-order valence-corrected chi connectivity index (χ0v) is 20.6. The molecular weight excluding hydrogens is 498 g/mol. The van der Waals surface area contributed by atoms with Gasteiger partial charge in [0.15, 0.2) is 6.10 Å². The van der Waals surface area contributed by atoms with Crippen molar-refractivity contribution in [3.63, 3.8) is 0 Å². The Kier molecular flexibility index (Phi) is 6.97. The van der Waals surface area contributed by atoms with E-state index in [-0.39, 0.29) is 35.2 Å². The maximum atomic E-state index is 13.7. The maximum Gasteiger partial charge on any atom is 0.377 e. The molecule has 2 aliphatic rings. The van der Waals surface area contributed by atoms with Crippen LogP contribution >= 0.6 is 11.8 Å². The van der Waals surface area contributed by atoms with Gasteiger partial charge in [-0.15, -0.1) is 11.8 Å². The first-order valence-corrected chi connectivity index (χ1v) is 12.4. The lowest BCUT2D eigenvalue weighted by Crippen LogP contribution is -2.68. The van der Waals surface area contributed by atoms with E-state index < -0.39 is 24.1 Å². The third kappa shape index (κ3) is 4.83. The topological polar surface area (TPSA) is 134 Å². The third-order valence-corrected chi connectivity index (χ3v) is 7.34. The van der Waals surface area contributed by atoms with Crippen LogP contribution in [-0.4, -0.2) is 58.8 Å². The highest BCUT2D eigenvalue weighted by atomic mass is 32.2. The lowest BCUT2D eigenvalue weighted by molar-refractivity contribution is -0.153. The van der Waals surface area contributed by atoms with E-state index in [0.717, 1.165) is 11.1 Å². The fraction of sp³-hybridized carbons (Fsp3) is 0.231. The molecule has 0 saturated carbocycles. The number of carbonyl (C=O) groups excluding carboxylic acids is 3. The molecule has 0 spiro atoms. The summed E-state index contributed by atoms with van der Waals surface area (Å²) in [6, 6.07) is 19.3. The third-order valence-electron chi connectivity index (χ3n) is 5.98. The highest BCUT2D eigenvalue weighted by Crippen LogP contribution is 2.41. The van der Waals surface area contributed by atoms with Gasteiger partial charge in [0.25, 0.3) is 5.88 Å². The number of nitrogens with zero attached hydrogens (tertiary/aromatic N) is 2. The van der Waals surface area contributed by atoms with Gasteiger partial charge >= 0.3 is 11.9 Å². The number of ether oxygens (including phenoxy) is 3. The smallest absolute Gasteiger partial charge is 0.377 e. The van der Waals surface area contributed by atoms with E-state index in [1.807, 2.05) is 60.7 Å². The van der Waals surface area contributed by atoms with Crippen LogP contribution in [0.2, 0.25) is 0 Å². The van der Waals surface area contributed by atoms with Gasteiger partial charge in [-0.05, 0) is 16.3 Å². The highest BCUT2D eigenvalue weighted by molar-refractivity contribution is 8.00. The Hall–Kier alpha value is -4.09. The van der Waals surface area contributed by atoms with Gasteiger partial charge < -0.3 is 24.5 Å². The number of amides is 1. The number of hydrogen-bond acceptors (Lipinski definition) is 10. The highest BCUT2D eigenvalue weighted by Gasteiger charge is 2.52. The fourth-order valence-electron chi connectivity index (χ4n) is 4.11. The summed E-state index contributed by atoms with van der Waals surface area (Å²) < 4.78 is 21.2. The zero-order valence-electron chi connectivity index (χ0n) is 19.7. The van der Waals surface area contributed by atoms with Crippen LogP contribution in [0.1, 0.15) is 27.8 Å². The Balaban J connectivity index is 1.44. The normalized spacial score (nSPS) is 18.8. The molecular formula is C26H23N3O7S. The Bertz CT molecular complexity index is 1300. The number of nitrogens with two attached hydrogens (primary N) is 1. The predicted octanol–water partition coefficient (Wildman–Crippen LogP) is 2.67. The molecule has 10 nitrogen and oxygen atoms in total. The summed E-state index contributed by atoms with van der Waals surface area (Å²) >= 11 is 1.43. The Labute approximate surface area is 216 Å². The average Bonchev–Trinajstić information content (AvgIpc) is 3.43. The van der Waals surface area contributed by atoms with E-state index in [0.29, 0.717) is 11.3 Å². The summed E-state index contributed by atoms with van der Waals surface area (Å²) in [5.74, 6) is -1.44. The van der Waals surface area contributed by atoms with Gasteiger partial charge in [0, 0.05) is 11.3 Å². The molecule has 0 radical (unpaired) electrons. The number of hydrogen-bond donors (Lipinski definition) is 1. The second-order valence-corrected chi connectivity index (χ2v) is 9.41. The first-order chi connectivity index (χ1) is 18.0. The predicted molar refractivity (Wildman–Crippen MR) is 132 cm³/mol. The maximum absolute atomic E-state index is 13.7. The SMILES string of the molecule is COC(=O)c1cc(OCC2=C(C(=O)OC(c3ccccc3)c3ccccc3)N3C(=O)C(N)[C@H]3SC2)no1. The van der Waals surface area contributed by atoms with Gasteiger partial charge in [-0.3, -0.25) is 9.69 Å². The first-order valence-electron chi connectivity index (χ1n) is 11.4. The molecule has 1 saturated heterocycles. The number of aromatic nitrogens is 1. The number of esters is 2. The molecule has 1 amide bonds. The van der Waals surface area contributed by atoms with Gasteiger partial charge in [0.1, 0.15) is 23.7 Å². The van der Waals surface area contributed by atoms with Crippen LogP contribution in [0.4, 0.5) is 0 Å². The van der Waals surface area contributed by atoms with Crippen molar-refractivity contribution in [3.05, 3.63) is 94.9 Å². The van der Waals surface area contributed by atoms with Crippen LogP contribution in [0.25, 0.3) is 0 Å². The molecule has 1 unspecified atom stereocenters. The van der Waals surface area contributed by atoms with E-state index >= 15 is 0 Å². The van der Waals surface area contributed by atoms with Crippen molar-refractivity contribution in [2.45, 2.75) is 17.5 Å². The van der Waals surface area contributed by atoms with Gasteiger partial charge in [-0.25, -0.2) is 9.59 Å². The Morgan fingerprint density at radius 3 is 2.38 bits per heavy atom. The lowest BCUT2D eigenvalue weighted by atomic mass is 10.0. The molecule has 1 aromatic heterocycles. The molecule has 190 valence electrons. The number of methoxy groups -OCH3 is 1. The van der Waals surface area contributed by atoms with Gasteiger partial charge in [-0.2, -0.15) is 0 Å². The summed E-state index contributed by atoms with van der Waals surface area (Å²) in [5.41, 5.74) is 8.18. The number of thioether (sulfide) groups is 1. The van der Waals surface area contributed by atoms with Crippen molar-refractivity contribution in [1.82, 2.24) is 10.1 Å². The summed E-state index contributed by atoms with van der Waals surface area (Å²) in [7, 11) is 1.22. The molecule has 37 heavy (non-hydrogen) atoms. The second-order valence-electron chi connectivity index (χ2n) is 8.30. The number of benzene rings is 2. The van der Waals surface area contributed by atoms with E-state index in [1.165, 1.54) is 29.8 Å². The molecule has 2 aliphatic heterocycles. The van der Waals surface area contributed by atoms with Crippen LogP contribution in [0.3, 0.4) is 0 Å². The minimum absolute atomic E-state index is 0.0332. The monoisotopic (exact) mass is 521 g/mol. The van der Waals surface area contributed by atoms with Crippen LogP contribution in [-0.2, 0) is 19.1 Å². The van der Waals surface area contributed by atoms with Crippen LogP contribution in [0.5, 0.6) is 5.88 Å². The standard InChI is InChI=1S/C26H23N3O7S/c1-33-25(31)18-12-19(28-36-18)34-13-17-14-37-24-20(27)23(30)29(24)21(17)26(32)35-22(15-8-4-2-5-9-15)16-10-6-3-7-11-16/h2-12,20,22,24H,13-14,27H2,1H3/t20?,24-/m1/s1.